The molecule has 1 aromatic heterocycles. The number of nitrogens with zero attached hydrogens (tertiary/aromatic N) is 3. The number of nitrogen functional groups attached to an aromatic ring is 1. The molecule has 8 heteroatoms. The molecule has 1 aromatic carbocycles. The van der Waals surface area contributed by atoms with Gasteiger partial charge in [0.25, 0.3) is 6.01 Å². The van der Waals surface area contributed by atoms with Crippen molar-refractivity contribution < 1.29 is 13.5 Å². The minimum absolute atomic E-state index is 0.0556. The Morgan fingerprint density at radius 2 is 2.20 bits per heavy atom. The van der Waals surface area contributed by atoms with Gasteiger partial charge < -0.3 is 19.8 Å². The average molecular weight is 403 g/mol. The van der Waals surface area contributed by atoms with E-state index in [0.717, 1.165) is 28.7 Å². The van der Waals surface area contributed by atoms with Gasteiger partial charge >= 0.3 is 0 Å². The van der Waals surface area contributed by atoms with E-state index in [1.807, 2.05) is 0 Å². The van der Waals surface area contributed by atoms with Crippen LogP contribution in [0.15, 0.2) is 55.3 Å². The maximum Gasteiger partial charge on any atom is 0.293 e. The minimum Gasteiger partial charge on any atom is -0.496 e. The number of nitrogens with two attached hydrogens (primary N) is 1. The zero-order chi connectivity index (χ0) is 17.1. The van der Waals surface area contributed by atoms with Crippen molar-refractivity contribution in [1.29, 1.82) is 0 Å². The topological polar surface area (TPSA) is 76.9 Å². The summed E-state index contributed by atoms with van der Waals surface area (Å²) in [6.07, 6.45) is 4.34. The second kappa shape index (κ2) is 5.19. The Bertz CT molecular complexity index is 1050. The first-order chi connectivity index (χ1) is 12.1. The molecule has 0 fully saturated rings. The van der Waals surface area contributed by atoms with Gasteiger partial charge in [-0.2, -0.15) is 4.98 Å². The fourth-order valence-electron chi connectivity index (χ4n) is 3.43. The Balaban J connectivity index is 1.68. The standard InChI is InChI=1S/C17H12BrFN4O2/c18-11-7-24-6-8-1-2-23-14(8)10(11)5-21-16(23)9-3-12(19)15-13(4-9)22-17(20)25-15/h3-5,7H,1-2,6H2,(H2,20,22). The minimum atomic E-state index is -0.507. The van der Waals surface area contributed by atoms with Gasteiger partial charge in [-0.15, -0.1) is 0 Å². The Kier molecular flexibility index (Phi) is 3.05. The Morgan fingerprint density at radius 3 is 3.08 bits per heavy atom. The van der Waals surface area contributed by atoms with Crippen molar-refractivity contribution in [3.05, 3.63) is 57.3 Å². The van der Waals surface area contributed by atoms with Gasteiger partial charge in [-0.3, -0.25) is 0 Å². The summed E-state index contributed by atoms with van der Waals surface area (Å²) in [7, 11) is 0. The van der Waals surface area contributed by atoms with E-state index in [4.69, 9.17) is 14.9 Å². The van der Waals surface area contributed by atoms with Gasteiger partial charge in [0.15, 0.2) is 11.4 Å². The third-order valence-electron chi connectivity index (χ3n) is 4.49. The van der Waals surface area contributed by atoms with E-state index in [1.54, 1.807) is 18.5 Å². The number of allylic oxidation sites excluding steroid dienone is 1. The van der Waals surface area contributed by atoms with Gasteiger partial charge in [0.1, 0.15) is 18.0 Å². The summed E-state index contributed by atoms with van der Waals surface area (Å²) < 4.78 is 25.9. The van der Waals surface area contributed by atoms with E-state index in [-0.39, 0.29) is 11.6 Å². The smallest absolute Gasteiger partial charge is 0.293 e. The SMILES string of the molecule is Nc1nc2cc(C3=NC=C4C(Br)=COCC5=C4N3CC5)cc(F)c2o1. The number of halogens is 2. The van der Waals surface area contributed by atoms with Gasteiger partial charge in [0.05, 0.1) is 16.4 Å². The van der Waals surface area contributed by atoms with Gasteiger partial charge in [0.2, 0.25) is 0 Å². The van der Waals surface area contributed by atoms with E-state index in [1.165, 1.54) is 11.6 Å². The number of hydrogen-bond donors (Lipinski definition) is 1. The second-order valence-electron chi connectivity index (χ2n) is 5.98. The number of ether oxygens (including phenoxy) is 1. The summed E-state index contributed by atoms with van der Waals surface area (Å²) in [6.45, 7) is 1.31. The molecule has 2 N–H and O–H groups in total. The predicted octanol–water partition coefficient (Wildman–Crippen LogP) is 3.42. The molecule has 5 rings (SSSR count). The highest BCUT2D eigenvalue weighted by Gasteiger charge is 2.34. The summed E-state index contributed by atoms with van der Waals surface area (Å²) in [5.74, 6) is 0.172. The van der Waals surface area contributed by atoms with E-state index in [0.29, 0.717) is 23.5 Å². The highest BCUT2D eigenvalue weighted by atomic mass is 79.9. The van der Waals surface area contributed by atoms with Crippen molar-refractivity contribution in [2.24, 2.45) is 4.99 Å². The second-order valence-corrected chi connectivity index (χ2v) is 6.84. The number of fused-ring (bicyclic) bond motifs is 1. The van der Waals surface area contributed by atoms with Gasteiger partial charge in [-0.25, -0.2) is 9.38 Å². The monoisotopic (exact) mass is 402 g/mol. The lowest BCUT2D eigenvalue weighted by atomic mass is 10.1. The molecular weight excluding hydrogens is 391 g/mol. The van der Waals surface area contributed by atoms with Gasteiger partial charge in [-0.05, 0) is 40.1 Å². The Labute approximate surface area is 150 Å². The first-order valence-electron chi connectivity index (χ1n) is 7.73. The molecule has 0 saturated heterocycles. The first kappa shape index (κ1) is 14.7. The molecule has 2 aromatic rings. The molecule has 3 aliphatic rings. The van der Waals surface area contributed by atoms with Crippen molar-refractivity contribution in [1.82, 2.24) is 9.88 Å². The van der Waals surface area contributed by atoms with Crippen molar-refractivity contribution in [2.75, 3.05) is 18.9 Å². The van der Waals surface area contributed by atoms with Crippen LogP contribution in [0.25, 0.3) is 11.1 Å². The van der Waals surface area contributed by atoms with Crippen LogP contribution in [0.2, 0.25) is 0 Å². The van der Waals surface area contributed by atoms with Gasteiger partial charge in [-0.1, -0.05) is 0 Å². The molecule has 4 heterocycles. The zero-order valence-electron chi connectivity index (χ0n) is 12.9. The molecule has 0 spiro atoms. The van der Waals surface area contributed by atoms with Gasteiger partial charge in [0, 0.05) is 23.9 Å². The molecule has 0 amide bonds. The molecular formula is C17H12BrFN4O2. The summed E-state index contributed by atoms with van der Waals surface area (Å²) in [6, 6.07) is 3.09. The maximum absolute atomic E-state index is 14.4. The van der Waals surface area contributed by atoms with Crippen LogP contribution >= 0.6 is 15.9 Å². The highest BCUT2D eigenvalue weighted by molar-refractivity contribution is 9.12. The fourth-order valence-corrected chi connectivity index (χ4v) is 3.86. The lowest BCUT2D eigenvalue weighted by Gasteiger charge is -2.28. The Hall–Kier alpha value is -2.61. The normalized spacial score (nSPS) is 19.3. The molecule has 0 unspecified atom stereocenters. The molecule has 0 atom stereocenters. The number of hydrogen-bond acceptors (Lipinski definition) is 6. The lowest BCUT2D eigenvalue weighted by Crippen LogP contribution is -2.31. The molecule has 0 aliphatic carbocycles. The number of oxazole rings is 1. The van der Waals surface area contributed by atoms with Crippen LogP contribution in [0.1, 0.15) is 12.0 Å². The van der Waals surface area contributed by atoms with Crippen molar-refractivity contribution in [2.45, 2.75) is 6.42 Å². The molecule has 126 valence electrons. The third kappa shape index (κ3) is 2.13. The predicted molar refractivity (Wildman–Crippen MR) is 94.3 cm³/mol. The van der Waals surface area contributed by atoms with Crippen molar-refractivity contribution >= 4 is 38.9 Å². The van der Waals surface area contributed by atoms with Crippen LogP contribution in [0, 0.1) is 5.82 Å². The number of amidine groups is 1. The third-order valence-corrected chi connectivity index (χ3v) is 5.10. The zero-order valence-corrected chi connectivity index (χ0v) is 14.5. The first-order valence-corrected chi connectivity index (χ1v) is 8.52. The van der Waals surface area contributed by atoms with E-state index >= 15 is 0 Å². The average Bonchev–Trinajstić information content (AvgIpc) is 3.13. The van der Waals surface area contributed by atoms with Crippen LogP contribution in [0.4, 0.5) is 10.4 Å². The fraction of sp³-hybridized carbons (Fsp3) is 0.176. The summed E-state index contributed by atoms with van der Waals surface area (Å²) in [5, 5.41) is 0. The Morgan fingerprint density at radius 1 is 1.32 bits per heavy atom. The highest BCUT2D eigenvalue weighted by Crippen LogP contribution is 2.40. The molecule has 0 saturated carbocycles. The molecule has 3 aliphatic heterocycles. The van der Waals surface area contributed by atoms with Crippen molar-refractivity contribution in [3.63, 3.8) is 0 Å². The van der Waals surface area contributed by atoms with Crippen LogP contribution in [-0.4, -0.2) is 28.9 Å². The molecule has 0 radical (unpaired) electrons. The molecule has 25 heavy (non-hydrogen) atoms. The molecule has 6 nitrogen and oxygen atoms in total. The van der Waals surface area contributed by atoms with Crippen molar-refractivity contribution in [3.8, 4) is 0 Å². The number of anilines is 1. The summed E-state index contributed by atoms with van der Waals surface area (Å²) in [4.78, 5) is 10.7. The number of aliphatic imine (C=N–C) groups is 1. The van der Waals surface area contributed by atoms with E-state index in [2.05, 4.69) is 30.8 Å². The molecule has 0 bridgehead atoms. The summed E-state index contributed by atoms with van der Waals surface area (Å²) in [5.41, 5.74) is 9.86. The maximum atomic E-state index is 14.4. The number of rotatable bonds is 1. The van der Waals surface area contributed by atoms with Crippen LogP contribution < -0.4 is 5.73 Å². The lowest BCUT2D eigenvalue weighted by molar-refractivity contribution is 0.279. The quantitative estimate of drug-likeness (QED) is 0.790. The van der Waals surface area contributed by atoms with E-state index in [9.17, 15) is 4.39 Å². The van der Waals surface area contributed by atoms with Crippen LogP contribution in [0.3, 0.4) is 0 Å². The number of benzene rings is 1. The number of aromatic nitrogens is 1. The van der Waals surface area contributed by atoms with E-state index < -0.39 is 5.82 Å². The largest absolute Gasteiger partial charge is 0.496 e. The van der Waals surface area contributed by atoms with Crippen LogP contribution in [-0.2, 0) is 4.74 Å². The van der Waals surface area contributed by atoms with Crippen LogP contribution in [0.5, 0.6) is 0 Å². The summed E-state index contributed by atoms with van der Waals surface area (Å²) >= 11 is 3.53.